The van der Waals surface area contributed by atoms with E-state index in [1.165, 1.54) is 50.9 Å². The van der Waals surface area contributed by atoms with Gasteiger partial charge in [0.15, 0.2) is 5.96 Å². The highest BCUT2D eigenvalue weighted by atomic mass is 127. The second-order valence-corrected chi connectivity index (χ2v) is 8.13. The zero-order valence-electron chi connectivity index (χ0n) is 14.5. The Balaban J connectivity index is 0.00000156. The number of hydrogen-bond donors (Lipinski definition) is 1. The highest BCUT2D eigenvalue weighted by molar-refractivity contribution is 14.0. The van der Waals surface area contributed by atoms with Crippen LogP contribution in [0.3, 0.4) is 0 Å². The molecule has 1 atom stereocenters. The van der Waals surface area contributed by atoms with Crippen molar-refractivity contribution in [1.82, 2.24) is 10.2 Å². The molecule has 0 aromatic carbocycles. The maximum absolute atomic E-state index is 5.66. The maximum atomic E-state index is 5.66. The van der Waals surface area contributed by atoms with E-state index in [-0.39, 0.29) is 24.0 Å². The van der Waals surface area contributed by atoms with Crippen molar-refractivity contribution in [2.45, 2.75) is 51.9 Å². The van der Waals surface area contributed by atoms with Crippen LogP contribution in [0.1, 0.15) is 51.9 Å². The van der Waals surface area contributed by atoms with Gasteiger partial charge in [0.25, 0.3) is 0 Å². The van der Waals surface area contributed by atoms with Crippen molar-refractivity contribution in [3.63, 3.8) is 0 Å². The first-order chi connectivity index (χ1) is 10.8. The van der Waals surface area contributed by atoms with Crippen LogP contribution in [0.5, 0.6) is 0 Å². The van der Waals surface area contributed by atoms with Crippen LogP contribution in [0.4, 0.5) is 0 Å². The average molecular weight is 433 g/mol. The van der Waals surface area contributed by atoms with Gasteiger partial charge in [0.2, 0.25) is 0 Å². The second kappa shape index (κ2) is 7.06. The minimum atomic E-state index is 0. The molecule has 23 heavy (non-hydrogen) atoms. The minimum Gasteiger partial charge on any atom is -0.381 e. The Morgan fingerprint density at radius 1 is 1.26 bits per heavy atom. The number of rotatable bonds is 4. The highest BCUT2D eigenvalue weighted by Crippen LogP contribution is 2.57. The standard InChI is InChI=1S/C18H31N3O.HI/c1-2-19-16(20-12-18(6-3-7-18)15-4-5-15)21-10-8-17(13-21)9-11-22-14-17;/h15H,2-14H2,1H3,(H,19,20);1H. The molecular weight excluding hydrogens is 401 g/mol. The van der Waals surface area contributed by atoms with Gasteiger partial charge in [-0.3, -0.25) is 4.99 Å². The summed E-state index contributed by atoms with van der Waals surface area (Å²) in [5.41, 5.74) is 0.995. The summed E-state index contributed by atoms with van der Waals surface area (Å²) in [5, 5.41) is 3.55. The van der Waals surface area contributed by atoms with Crippen LogP contribution in [0.25, 0.3) is 0 Å². The molecule has 1 unspecified atom stereocenters. The molecule has 2 aliphatic heterocycles. The van der Waals surface area contributed by atoms with E-state index in [4.69, 9.17) is 9.73 Å². The number of nitrogens with zero attached hydrogens (tertiary/aromatic N) is 2. The van der Waals surface area contributed by atoms with Crippen molar-refractivity contribution >= 4 is 29.9 Å². The van der Waals surface area contributed by atoms with Gasteiger partial charge in [0.05, 0.1) is 6.61 Å². The van der Waals surface area contributed by atoms with Crippen molar-refractivity contribution in [3.05, 3.63) is 0 Å². The lowest BCUT2D eigenvalue weighted by atomic mass is 9.65. The van der Waals surface area contributed by atoms with Crippen molar-refractivity contribution in [1.29, 1.82) is 0 Å². The summed E-state index contributed by atoms with van der Waals surface area (Å²) in [5.74, 6) is 2.15. The number of nitrogens with one attached hydrogen (secondary N) is 1. The molecule has 1 N–H and O–H groups in total. The first-order valence-corrected chi connectivity index (χ1v) is 9.36. The fraction of sp³-hybridized carbons (Fsp3) is 0.944. The number of guanidine groups is 1. The van der Waals surface area contributed by atoms with E-state index in [2.05, 4.69) is 17.1 Å². The third-order valence-electron chi connectivity index (χ3n) is 6.59. The zero-order chi connectivity index (χ0) is 15.0. The third kappa shape index (κ3) is 3.51. The summed E-state index contributed by atoms with van der Waals surface area (Å²) < 4.78 is 5.66. The van der Waals surface area contributed by atoms with E-state index < -0.39 is 0 Å². The van der Waals surface area contributed by atoms with Gasteiger partial charge >= 0.3 is 0 Å². The zero-order valence-corrected chi connectivity index (χ0v) is 16.8. The Bertz CT molecular complexity index is 440. The van der Waals surface area contributed by atoms with Gasteiger partial charge in [-0.25, -0.2) is 0 Å². The first kappa shape index (κ1) is 17.8. The van der Waals surface area contributed by atoms with E-state index in [1.807, 2.05) is 0 Å². The normalized spacial score (nSPS) is 32.7. The number of halogens is 1. The molecule has 132 valence electrons. The van der Waals surface area contributed by atoms with Crippen molar-refractivity contribution < 1.29 is 4.74 Å². The fourth-order valence-corrected chi connectivity index (χ4v) is 4.77. The van der Waals surface area contributed by atoms with Crippen LogP contribution in [0.15, 0.2) is 4.99 Å². The van der Waals surface area contributed by atoms with E-state index in [0.29, 0.717) is 10.8 Å². The van der Waals surface area contributed by atoms with Crippen LogP contribution in [0, 0.1) is 16.7 Å². The van der Waals surface area contributed by atoms with Crippen LogP contribution < -0.4 is 5.32 Å². The van der Waals surface area contributed by atoms with Crippen molar-refractivity contribution in [3.8, 4) is 0 Å². The molecule has 4 nitrogen and oxygen atoms in total. The number of likely N-dealkylation sites (tertiary alicyclic amines) is 1. The Labute approximate surface area is 157 Å². The highest BCUT2D eigenvalue weighted by Gasteiger charge is 2.49. The lowest BCUT2D eigenvalue weighted by Gasteiger charge is -2.41. The molecule has 5 heteroatoms. The van der Waals surface area contributed by atoms with Gasteiger partial charge in [-0.1, -0.05) is 6.42 Å². The number of aliphatic imine (C=N–C) groups is 1. The molecule has 4 rings (SSSR count). The molecule has 2 saturated heterocycles. The number of ether oxygens (including phenoxy) is 1. The summed E-state index contributed by atoms with van der Waals surface area (Å²) in [4.78, 5) is 7.59. The Kier molecular flexibility index (Phi) is 5.46. The summed E-state index contributed by atoms with van der Waals surface area (Å²) in [7, 11) is 0. The summed E-state index contributed by atoms with van der Waals surface area (Å²) in [6.07, 6.45) is 9.66. The molecular formula is C18H32IN3O. The first-order valence-electron chi connectivity index (χ1n) is 9.36. The topological polar surface area (TPSA) is 36.9 Å². The summed E-state index contributed by atoms with van der Waals surface area (Å²) in [6.45, 7) is 8.39. The van der Waals surface area contributed by atoms with Gasteiger partial charge in [-0.05, 0) is 56.8 Å². The fourth-order valence-electron chi connectivity index (χ4n) is 4.77. The van der Waals surface area contributed by atoms with Crippen molar-refractivity contribution in [2.75, 3.05) is 39.4 Å². The number of hydrogen-bond acceptors (Lipinski definition) is 2. The Hall–Kier alpha value is -0.0400. The van der Waals surface area contributed by atoms with Gasteiger partial charge < -0.3 is 15.0 Å². The molecule has 0 amide bonds. The smallest absolute Gasteiger partial charge is 0.193 e. The molecule has 2 aliphatic carbocycles. The van der Waals surface area contributed by atoms with Crippen LogP contribution in [0.2, 0.25) is 0 Å². The molecule has 0 bridgehead atoms. The van der Waals surface area contributed by atoms with Crippen LogP contribution >= 0.6 is 24.0 Å². The summed E-state index contributed by atoms with van der Waals surface area (Å²) in [6, 6.07) is 0. The average Bonchev–Trinajstić information content (AvgIpc) is 3.09. The lowest BCUT2D eigenvalue weighted by Crippen LogP contribution is -2.43. The minimum absolute atomic E-state index is 0. The predicted molar refractivity (Wildman–Crippen MR) is 104 cm³/mol. The molecule has 1 spiro atoms. The quantitative estimate of drug-likeness (QED) is 0.420. The molecule has 2 saturated carbocycles. The molecule has 4 aliphatic rings. The monoisotopic (exact) mass is 433 g/mol. The van der Waals surface area contributed by atoms with Gasteiger partial charge in [0.1, 0.15) is 0 Å². The maximum Gasteiger partial charge on any atom is 0.193 e. The van der Waals surface area contributed by atoms with Crippen LogP contribution in [-0.4, -0.2) is 50.3 Å². The van der Waals surface area contributed by atoms with E-state index in [1.54, 1.807) is 0 Å². The van der Waals surface area contributed by atoms with Gasteiger partial charge in [0, 0.05) is 38.2 Å². The summed E-state index contributed by atoms with van der Waals surface area (Å²) >= 11 is 0. The van der Waals surface area contributed by atoms with Crippen molar-refractivity contribution in [2.24, 2.45) is 21.7 Å². The third-order valence-corrected chi connectivity index (χ3v) is 6.59. The van der Waals surface area contributed by atoms with Crippen LogP contribution in [-0.2, 0) is 4.74 Å². The Morgan fingerprint density at radius 3 is 2.65 bits per heavy atom. The molecule has 0 aromatic rings. The van der Waals surface area contributed by atoms with E-state index in [9.17, 15) is 0 Å². The SMILES string of the molecule is CCNC(=NCC1(C2CC2)CCC1)N1CCC2(CCOC2)C1.I. The van der Waals surface area contributed by atoms with Gasteiger partial charge in [-0.15, -0.1) is 24.0 Å². The van der Waals surface area contributed by atoms with Gasteiger partial charge in [-0.2, -0.15) is 0 Å². The molecule has 2 heterocycles. The van der Waals surface area contributed by atoms with E-state index >= 15 is 0 Å². The molecule has 0 aromatic heterocycles. The lowest BCUT2D eigenvalue weighted by molar-refractivity contribution is 0.112. The Morgan fingerprint density at radius 2 is 2.09 bits per heavy atom. The van der Waals surface area contributed by atoms with E-state index in [0.717, 1.165) is 45.3 Å². The largest absolute Gasteiger partial charge is 0.381 e. The molecule has 0 radical (unpaired) electrons. The second-order valence-electron chi connectivity index (χ2n) is 8.13. The predicted octanol–water partition coefficient (Wildman–Crippen LogP) is 3.26. The molecule has 4 fully saturated rings.